The summed E-state index contributed by atoms with van der Waals surface area (Å²) >= 11 is 0. The highest BCUT2D eigenvalue weighted by Gasteiger charge is 2.44. The first kappa shape index (κ1) is 40.6. The molecule has 0 spiro atoms. The minimum absolute atomic E-state index is 0.0105. The summed E-state index contributed by atoms with van der Waals surface area (Å²) in [6.45, 7) is 6.03. The summed E-state index contributed by atoms with van der Waals surface area (Å²) in [6, 6.07) is 3.74. The number of alkyl halides is 4. The number of anilines is 1. The molecule has 0 fully saturated rings. The first-order valence-electron chi connectivity index (χ1n) is 15.7. The minimum Gasteiger partial charge on any atom is -0.453 e. The Kier molecular flexibility index (Phi) is 13.9. The Morgan fingerprint density at radius 2 is 1.86 bits per heavy atom. The second kappa shape index (κ2) is 17.4. The number of hydrogen-bond acceptors (Lipinski definition) is 8. The molecular weight excluding hydrogens is 703 g/mol. The number of fused-ring (bicyclic) bond motifs is 1. The van der Waals surface area contributed by atoms with Gasteiger partial charge in [-0.2, -0.15) is 17.6 Å². The molecule has 280 valence electrons. The van der Waals surface area contributed by atoms with Gasteiger partial charge in [-0.25, -0.2) is 14.2 Å². The molecule has 0 saturated carbocycles. The van der Waals surface area contributed by atoms with Crippen molar-refractivity contribution in [2.45, 2.75) is 70.4 Å². The van der Waals surface area contributed by atoms with Gasteiger partial charge in [0.25, 0.3) is 5.56 Å². The number of carbonyl (C=O) groups is 3. The summed E-state index contributed by atoms with van der Waals surface area (Å²) in [5.41, 5.74) is -1.45. The van der Waals surface area contributed by atoms with Crippen LogP contribution in [0.5, 0.6) is 5.75 Å². The molecule has 13 nitrogen and oxygen atoms in total. The van der Waals surface area contributed by atoms with E-state index in [1.807, 2.05) is 0 Å². The van der Waals surface area contributed by atoms with Crippen molar-refractivity contribution >= 4 is 42.7 Å². The number of hydrogen-bond donors (Lipinski definition) is 2. The molecule has 0 unspecified atom stereocenters. The van der Waals surface area contributed by atoms with Gasteiger partial charge in [0.1, 0.15) is 35.6 Å². The second-order valence-electron chi connectivity index (χ2n) is 12.8. The third kappa shape index (κ3) is 11.6. The van der Waals surface area contributed by atoms with E-state index in [1.165, 1.54) is 39.9 Å². The zero-order valence-electron chi connectivity index (χ0n) is 29.0. The number of halogens is 5. The smallest absolute Gasteiger partial charge is 0.453 e. The van der Waals surface area contributed by atoms with E-state index in [1.54, 1.807) is 14.1 Å². The molecule has 0 aliphatic rings. The van der Waals surface area contributed by atoms with E-state index in [0.717, 1.165) is 23.8 Å². The number of nitrogens with zero attached hydrogens (tertiary/aromatic N) is 4. The molecule has 3 aromatic rings. The fourth-order valence-corrected chi connectivity index (χ4v) is 5.23. The summed E-state index contributed by atoms with van der Waals surface area (Å²) in [6.07, 6.45) is -5.68. The molecule has 0 radical (unpaired) electrons. The van der Waals surface area contributed by atoms with E-state index in [9.17, 15) is 41.1 Å². The van der Waals surface area contributed by atoms with Crippen molar-refractivity contribution in [3.8, 4) is 5.75 Å². The monoisotopic (exact) mass is 744 g/mol. The van der Waals surface area contributed by atoms with E-state index in [2.05, 4.69) is 44.7 Å². The summed E-state index contributed by atoms with van der Waals surface area (Å²) in [4.78, 5) is 56.1. The highest BCUT2D eigenvalue weighted by molar-refractivity contribution is 6.76. The van der Waals surface area contributed by atoms with Crippen LogP contribution in [-0.4, -0.2) is 91.4 Å². The lowest BCUT2D eigenvalue weighted by Crippen LogP contribution is -2.44. The maximum Gasteiger partial charge on any atom is 0.461 e. The molecule has 1 atom stereocenters. The van der Waals surface area contributed by atoms with E-state index in [4.69, 9.17) is 4.74 Å². The lowest BCUT2D eigenvalue weighted by Gasteiger charge is -2.18. The molecule has 3 amide bonds. The SMILES string of the molecule is COC(=O)N[C@@H](CC/C=C/C(=O)N(C)C)C(=O)Nc1cccn(Cc2nc3c(OC(F)(F)C(F)F)cc(F)cc3n2COCC[Si](C)(C)C)c1=O. The van der Waals surface area contributed by atoms with Crippen molar-refractivity contribution in [2.24, 2.45) is 0 Å². The van der Waals surface area contributed by atoms with Gasteiger partial charge in [-0.15, -0.1) is 0 Å². The molecule has 2 aromatic heterocycles. The number of benzene rings is 1. The first-order chi connectivity index (χ1) is 23.8. The Bertz CT molecular complexity index is 1790. The van der Waals surface area contributed by atoms with Crippen molar-refractivity contribution in [3.05, 3.63) is 64.6 Å². The van der Waals surface area contributed by atoms with Crippen LogP contribution in [0.3, 0.4) is 0 Å². The van der Waals surface area contributed by atoms with Gasteiger partial charge in [-0.3, -0.25) is 14.4 Å². The zero-order chi connectivity index (χ0) is 38.1. The number of aromatic nitrogens is 3. The number of ether oxygens (including phenoxy) is 3. The minimum atomic E-state index is -4.96. The van der Waals surface area contributed by atoms with Gasteiger partial charge in [-0.1, -0.05) is 25.7 Å². The molecule has 0 aliphatic heterocycles. The maximum atomic E-state index is 14.7. The van der Waals surface area contributed by atoms with Crippen LogP contribution < -0.4 is 20.9 Å². The predicted octanol–water partition coefficient (Wildman–Crippen LogP) is 5.02. The van der Waals surface area contributed by atoms with Gasteiger partial charge >= 0.3 is 18.6 Å². The molecule has 2 N–H and O–H groups in total. The van der Waals surface area contributed by atoms with Gasteiger partial charge < -0.3 is 38.9 Å². The summed E-state index contributed by atoms with van der Waals surface area (Å²) < 4.78 is 85.5. The Morgan fingerprint density at radius 3 is 2.49 bits per heavy atom. The Morgan fingerprint density at radius 1 is 1.16 bits per heavy atom. The topological polar surface area (TPSA) is 146 Å². The van der Waals surface area contributed by atoms with Crippen molar-refractivity contribution in [2.75, 3.05) is 33.1 Å². The van der Waals surface area contributed by atoms with E-state index in [0.29, 0.717) is 12.7 Å². The third-order valence-electron chi connectivity index (χ3n) is 7.29. The highest BCUT2D eigenvalue weighted by atomic mass is 28.3. The van der Waals surface area contributed by atoms with E-state index in [-0.39, 0.29) is 54.6 Å². The number of imidazole rings is 1. The number of nitrogens with one attached hydrogen (secondary N) is 2. The standard InChI is InChI=1S/C32H41F5N6O7Si/c1-41(2)26(44)12-8-7-10-21(39-31(47)48-3)28(45)38-22-11-9-13-42(29(22)46)18-25-40-27-23(43(25)19-49-14-15-51(4,5)6)16-20(33)17-24(27)50-32(36,37)30(34)35/h8-9,11-13,16-17,21,30H,7,10,14-15,18-19H2,1-6H3,(H,38,45)(H,39,47)/b12-8+/t21-/m0/s1. The van der Waals surface area contributed by atoms with Crippen LogP contribution in [0.2, 0.25) is 25.7 Å². The normalized spacial score (nSPS) is 12.7. The van der Waals surface area contributed by atoms with E-state index < -0.39 is 55.8 Å². The van der Waals surface area contributed by atoms with Crippen LogP contribution in [0.1, 0.15) is 18.7 Å². The van der Waals surface area contributed by atoms with Crippen molar-refractivity contribution in [1.29, 1.82) is 0 Å². The largest absolute Gasteiger partial charge is 0.461 e. The van der Waals surface area contributed by atoms with Gasteiger partial charge in [0, 0.05) is 47.1 Å². The van der Waals surface area contributed by atoms with Crippen molar-refractivity contribution < 1.29 is 50.5 Å². The number of amides is 3. The fourth-order valence-electron chi connectivity index (χ4n) is 4.47. The first-order valence-corrected chi connectivity index (χ1v) is 19.4. The van der Waals surface area contributed by atoms with Crippen LogP contribution in [-0.2, 0) is 32.3 Å². The Balaban J connectivity index is 1.96. The molecule has 1 aromatic carbocycles. The van der Waals surface area contributed by atoms with Crippen molar-refractivity contribution in [1.82, 2.24) is 24.3 Å². The molecule has 0 aliphatic carbocycles. The van der Waals surface area contributed by atoms with Gasteiger partial charge in [0.2, 0.25) is 11.8 Å². The van der Waals surface area contributed by atoms with Gasteiger partial charge in [-0.05, 0) is 37.1 Å². The lowest BCUT2D eigenvalue weighted by molar-refractivity contribution is -0.252. The lowest BCUT2D eigenvalue weighted by atomic mass is 10.1. The maximum absolute atomic E-state index is 14.7. The molecule has 2 heterocycles. The molecule has 0 bridgehead atoms. The third-order valence-corrected chi connectivity index (χ3v) is 8.99. The van der Waals surface area contributed by atoms with Crippen molar-refractivity contribution in [3.63, 3.8) is 0 Å². The Labute approximate surface area is 291 Å². The fraction of sp³-hybridized carbons (Fsp3) is 0.469. The van der Waals surface area contributed by atoms with Gasteiger partial charge in [0.05, 0.1) is 19.2 Å². The quantitative estimate of drug-likeness (QED) is 0.0849. The number of alkyl carbamates (subject to hydrolysis) is 1. The molecule has 19 heteroatoms. The molecule has 3 rings (SSSR count). The second-order valence-corrected chi connectivity index (χ2v) is 18.4. The van der Waals surface area contributed by atoms with Crippen LogP contribution in [0, 0.1) is 5.82 Å². The average Bonchev–Trinajstić information content (AvgIpc) is 3.38. The number of methoxy groups -OCH3 is 1. The summed E-state index contributed by atoms with van der Waals surface area (Å²) in [5.74, 6) is -3.09. The number of allylic oxidation sites excluding steroid dienone is 1. The number of likely N-dealkylation sites (N-methyl/N-ethyl adjacent to an activating group) is 1. The number of carbonyl (C=O) groups excluding carboxylic acids is 3. The summed E-state index contributed by atoms with van der Waals surface area (Å²) in [7, 11) is 2.70. The molecule has 0 saturated heterocycles. The van der Waals surface area contributed by atoms with E-state index >= 15 is 0 Å². The highest BCUT2D eigenvalue weighted by Crippen LogP contribution is 2.34. The van der Waals surface area contributed by atoms with Gasteiger partial charge in [0.15, 0.2) is 5.75 Å². The number of pyridine rings is 1. The summed E-state index contributed by atoms with van der Waals surface area (Å²) in [5, 5.41) is 4.85. The van der Waals surface area contributed by atoms with Crippen LogP contribution in [0.25, 0.3) is 11.0 Å². The van der Waals surface area contributed by atoms with Crippen LogP contribution in [0.4, 0.5) is 32.4 Å². The predicted molar refractivity (Wildman–Crippen MR) is 180 cm³/mol. The zero-order valence-corrected chi connectivity index (χ0v) is 30.0. The molecular formula is C32H41F5N6O7Si. The van der Waals surface area contributed by atoms with Crippen LogP contribution in [0.15, 0.2) is 47.4 Å². The number of rotatable bonds is 17. The molecule has 51 heavy (non-hydrogen) atoms. The average molecular weight is 745 g/mol. The van der Waals surface area contributed by atoms with Crippen LogP contribution >= 0.6 is 0 Å². The Hall–Kier alpha value is -4.78.